The maximum absolute atomic E-state index is 13.7. The van der Waals surface area contributed by atoms with E-state index in [0.717, 1.165) is 36.5 Å². The zero-order chi connectivity index (χ0) is 23.8. The van der Waals surface area contributed by atoms with Gasteiger partial charge in [0.25, 0.3) is 0 Å². The van der Waals surface area contributed by atoms with E-state index in [0.29, 0.717) is 12.3 Å². The van der Waals surface area contributed by atoms with Crippen molar-refractivity contribution < 1.29 is 35.2 Å². The SMILES string of the molecule is NC(=O)C(c1ccc(F)c(F)c1)c1ccc(-c2cncc(C(F)(F)F)c2)c(S(N)(=O)=O)c1. The van der Waals surface area contributed by atoms with Gasteiger partial charge >= 0.3 is 6.18 Å². The molecule has 4 N–H and O–H groups in total. The number of aromatic nitrogens is 1. The topological polar surface area (TPSA) is 116 Å². The average Bonchev–Trinajstić information content (AvgIpc) is 2.69. The van der Waals surface area contributed by atoms with Gasteiger partial charge < -0.3 is 5.73 Å². The predicted molar refractivity (Wildman–Crippen MR) is 103 cm³/mol. The van der Waals surface area contributed by atoms with Crippen molar-refractivity contribution in [2.75, 3.05) is 0 Å². The number of nitrogens with two attached hydrogens (primary N) is 2. The fourth-order valence-corrected chi connectivity index (χ4v) is 3.94. The van der Waals surface area contributed by atoms with Gasteiger partial charge in [-0.25, -0.2) is 22.3 Å². The minimum atomic E-state index is -4.73. The number of nitrogens with zero attached hydrogens (tertiary/aromatic N) is 1. The molecule has 0 spiro atoms. The van der Waals surface area contributed by atoms with E-state index < -0.39 is 50.1 Å². The maximum Gasteiger partial charge on any atom is 0.417 e. The highest BCUT2D eigenvalue weighted by Gasteiger charge is 2.32. The zero-order valence-corrected chi connectivity index (χ0v) is 16.7. The third kappa shape index (κ3) is 4.75. The van der Waals surface area contributed by atoms with Crippen molar-refractivity contribution >= 4 is 15.9 Å². The second-order valence-electron chi connectivity index (χ2n) is 6.77. The molecule has 1 heterocycles. The number of primary amides is 1. The number of sulfonamides is 1. The molecule has 2 aromatic carbocycles. The van der Waals surface area contributed by atoms with Crippen LogP contribution >= 0.6 is 0 Å². The van der Waals surface area contributed by atoms with Gasteiger partial charge in [0.1, 0.15) is 0 Å². The summed E-state index contributed by atoms with van der Waals surface area (Å²) in [6, 6.07) is 6.58. The lowest BCUT2D eigenvalue weighted by Gasteiger charge is -2.18. The molecule has 12 heteroatoms. The molecule has 0 saturated carbocycles. The van der Waals surface area contributed by atoms with Gasteiger partial charge in [0, 0.05) is 23.5 Å². The quantitative estimate of drug-likeness (QED) is 0.556. The summed E-state index contributed by atoms with van der Waals surface area (Å²) in [5.41, 5.74) is 3.77. The fourth-order valence-electron chi connectivity index (χ4n) is 3.15. The fraction of sp³-hybridized carbons (Fsp3) is 0.100. The Balaban J connectivity index is 2.21. The molecule has 0 bridgehead atoms. The Hall–Kier alpha value is -3.38. The normalized spacial score (nSPS) is 13.1. The average molecular weight is 471 g/mol. The number of amides is 1. The lowest BCUT2D eigenvalue weighted by atomic mass is 9.89. The summed E-state index contributed by atoms with van der Waals surface area (Å²) in [6.45, 7) is 0. The monoisotopic (exact) mass is 471 g/mol. The second kappa shape index (κ2) is 8.28. The number of pyridine rings is 1. The Labute approximate surface area is 178 Å². The molecule has 0 aliphatic heterocycles. The molecule has 168 valence electrons. The molecule has 0 saturated heterocycles. The largest absolute Gasteiger partial charge is 0.417 e. The first-order valence-corrected chi connectivity index (χ1v) is 10.3. The lowest BCUT2D eigenvalue weighted by molar-refractivity contribution is -0.137. The van der Waals surface area contributed by atoms with Gasteiger partial charge in [-0.15, -0.1) is 0 Å². The van der Waals surface area contributed by atoms with Gasteiger partial charge in [0.15, 0.2) is 11.6 Å². The van der Waals surface area contributed by atoms with Crippen LogP contribution in [-0.4, -0.2) is 19.3 Å². The minimum Gasteiger partial charge on any atom is -0.369 e. The molecular formula is C20H14F5N3O3S. The first-order chi connectivity index (χ1) is 14.8. The smallest absolute Gasteiger partial charge is 0.369 e. The molecule has 1 aromatic heterocycles. The van der Waals surface area contributed by atoms with Crippen molar-refractivity contribution in [3.8, 4) is 11.1 Å². The molecule has 1 amide bonds. The van der Waals surface area contributed by atoms with Crippen LogP contribution < -0.4 is 10.9 Å². The summed E-state index contributed by atoms with van der Waals surface area (Å²) in [6.07, 6.45) is -3.14. The molecule has 0 aliphatic carbocycles. The Morgan fingerprint density at radius 3 is 2.12 bits per heavy atom. The molecule has 3 rings (SSSR count). The molecule has 6 nitrogen and oxygen atoms in total. The van der Waals surface area contributed by atoms with Crippen molar-refractivity contribution in [2.45, 2.75) is 17.0 Å². The van der Waals surface area contributed by atoms with Crippen molar-refractivity contribution in [1.82, 2.24) is 4.98 Å². The van der Waals surface area contributed by atoms with Gasteiger partial charge in [-0.2, -0.15) is 13.2 Å². The molecule has 32 heavy (non-hydrogen) atoms. The summed E-state index contributed by atoms with van der Waals surface area (Å²) >= 11 is 0. The van der Waals surface area contributed by atoms with Gasteiger partial charge in [-0.05, 0) is 35.4 Å². The van der Waals surface area contributed by atoms with E-state index >= 15 is 0 Å². The van der Waals surface area contributed by atoms with Gasteiger partial charge in [0.05, 0.1) is 16.4 Å². The number of carbonyl (C=O) groups excluding carboxylic acids is 1. The van der Waals surface area contributed by atoms with E-state index in [2.05, 4.69) is 4.98 Å². The van der Waals surface area contributed by atoms with E-state index in [1.807, 2.05) is 0 Å². The van der Waals surface area contributed by atoms with Crippen LogP contribution in [0.5, 0.6) is 0 Å². The van der Waals surface area contributed by atoms with Crippen molar-refractivity contribution in [2.24, 2.45) is 10.9 Å². The molecule has 0 fully saturated rings. The molecule has 0 radical (unpaired) electrons. The van der Waals surface area contributed by atoms with E-state index in [4.69, 9.17) is 10.9 Å². The first kappa shape index (κ1) is 23.3. The number of primary sulfonamides is 1. The Kier molecular flexibility index (Phi) is 6.03. The Morgan fingerprint density at radius 1 is 0.938 bits per heavy atom. The van der Waals surface area contributed by atoms with E-state index in [9.17, 15) is 35.2 Å². The highest BCUT2D eigenvalue weighted by molar-refractivity contribution is 7.89. The number of benzene rings is 2. The van der Waals surface area contributed by atoms with E-state index in [1.165, 1.54) is 6.07 Å². The molecular weight excluding hydrogens is 457 g/mol. The number of halogens is 5. The summed E-state index contributed by atoms with van der Waals surface area (Å²) in [5, 5.41) is 5.25. The number of hydrogen-bond donors (Lipinski definition) is 2. The number of alkyl halides is 3. The summed E-state index contributed by atoms with van der Waals surface area (Å²) in [7, 11) is -4.50. The number of hydrogen-bond acceptors (Lipinski definition) is 4. The molecule has 1 unspecified atom stereocenters. The summed E-state index contributed by atoms with van der Waals surface area (Å²) < 4.78 is 90.4. The van der Waals surface area contributed by atoms with Gasteiger partial charge in [-0.1, -0.05) is 18.2 Å². The van der Waals surface area contributed by atoms with Crippen LogP contribution in [0.3, 0.4) is 0 Å². The number of carbonyl (C=O) groups is 1. The highest BCUT2D eigenvalue weighted by atomic mass is 32.2. The minimum absolute atomic E-state index is 0.0452. The van der Waals surface area contributed by atoms with Crippen LogP contribution in [0.15, 0.2) is 59.8 Å². The van der Waals surface area contributed by atoms with Crippen LogP contribution in [0, 0.1) is 11.6 Å². The van der Waals surface area contributed by atoms with E-state index in [-0.39, 0.29) is 22.3 Å². The van der Waals surface area contributed by atoms with Crippen LogP contribution in [0.2, 0.25) is 0 Å². The van der Waals surface area contributed by atoms with Crippen molar-refractivity contribution in [1.29, 1.82) is 0 Å². The predicted octanol–water partition coefficient (Wildman–Crippen LogP) is 3.31. The molecule has 1 atom stereocenters. The maximum atomic E-state index is 13.7. The van der Waals surface area contributed by atoms with Crippen LogP contribution in [0.4, 0.5) is 22.0 Å². The van der Waals surface area contributed by atoms with Crippen molar-refractivity contribution in [3.63, 3.8) is 0 Å². The summed E-state index contributed by atoms with van der Waals surface area (Å²) in [5.74, 6) is -4.83. The summed E-state index contributed by atoms with van der Waals surface area (Å²) in [4.78, 5) is 14.9. The second-order valence-corrected chi connectivity index (χ2v) is 8.30. The Morgan fingerprint density at radius 2 is 1.56 bits per heavy atom. The van der Waals surface area contributed by atoms with Gasteiger partial charge in [-0.3, -0.25) is 9.78 Å². The van der Waals surface area contributed by atoms with Crippen molar-refractivity contribution in [3.05, 3.63) is 83.2 Å². The highest BCUT2D eigenvalue weighted by Crippen LogP contribution is 2.35. The third-order valence-electron chi connectivity index (χ3n) is 4.58. The zero-order valence-electron chi connectivity index (χ0n) is 15.9. The molecule has 3 aromatic rings. The van der Waals surface area contributed by atoms with Crippen LogP contribution in [0.25, 0.3) is 11.1 Å². The first-order valence-electron chi connectivity index (χ1n) is 8.72. The Bertz CT molecular complexity index is 1310. The lowest BCUT2D eigenvalue weighted by Crippen LogP contribution is -2.23. The van der Waals surface area contributed by atoms with E-state index in [1.54, 1.807) is 0 Å². The molecule has 0 aliphatic rings. The van der Waals surface area contributed by atoms with Crippen LogP contribution in [0.1, 0.15) is 22.6 Å². The number of rotatable bonds is 5. The van der Waals surface area contributed by atoms with Gasteiger partial charge in [0.2, 0.25) is 15.9 Å². The van der Waals surface area contributed by atoms with Crippen LogP contribution in [-0.2, 0) is 21.0 Å². The third-order valence-corrected chi connectivity index (χ3v) is 5.53. The standard InChI is InChI=1S/C20H14F5N3O3S/c21-15-4-2-10(6-16(15)22)18(19(26)29)11-1-3-14(17(7-11)32(27,30)31)12-5-13(9-28-8-12)20(23,24)25/h1-9,18H,(H2,26,29)(H2,27,30,31).